The van der Waals surface area contributed by atoms with E-state index < -0.39 is 5.60 Å². The first-order chi connectivity index (χ1) is 15.7. The van der Waals surface area contributed by atoms with Gasteiger partial charge in [0.05, 0.1) is 30.1 Å². The highest BCUT2D eigenvalue weighted by Crippen LogP contribution is 2.40. The number of fused-ring (bicyclic) bond motifs is 2. The molecular weight excluding hydrogens is 446 g/mol. The van der Waals surface area contributed by atoms with Gasteiger partial charge in [-0.2, -0.15) is 0 Å². The molecule has 0 saturated carbocycles. The van der Waals surface area contributed by atoms with Crippen LogP contribution in [0.25, 0.3) is 11.4 Å². The Balaban J connectivity index is 1.67. The summed E-state index contributed by atoms with van der Waals surface area (Å²) >= 11 is 6.37. The minimum absolute atomic E-state index is 0.0105. The number of carbonyl (C=O) groups is 2. The summed E-state index contributed by atoms with van der Waals surface area (Å²) in [5.41, 5.74) is 1.40. The fraction of sp³-hybridized carbons (Fsp3) is 0.522. The first-order valence-corrected chi connectivity index (χ1v) is 11.4. The summed E-state index contributed by atoms with van der Waals surface area (Å²) in [4.78, 5) is 39.5. The zero-order valence-electron chi connectivity index (χ0n) is 19.2. The Hall–Kier alpha value is -2.78. The number of nitrogens with zero attached hydrogens (tertiary/aromatic N) is 4. The van der Waals surface area contributed by atoms with Crippen molar-refractivity contribution in [3.63, 3.8) is 0 Å². The molecule has 3 atom stereocenters. The smallest absolute Gasteiger partial charge is 0.410 e. The summed E-state index contributed by atoms with van der Waals surface area (Å²) in [5.74, 6) is -0.322. The number of morpholine rings is 1. The highest BCUT2D eigenvalue weighted by Gasteiger charge is 2.45. The third-order valence-electron chi connectivity index (χ3n) is 5.74. The lowest BCUT2D eigenvalue weighted by atomic mass is 9.87. The van der Waals surface area contributed by atoms with E-state index in [1.54, 1.807) is 12.1 Å². The minimum Gasteiger partial charge on any atom is -0.444 e. The highest BCUT2D eigenvalue weighted by atomic mass is 35.5. The Kier molecular flexibility index (Phi) is 6.54. The third kappa shape index (κ3) is 5.09. The molecule has 0 aliphatic carbocycles. The van der Waals surface area contributed by atoms with Gasteiger partial charge in [0.2, 0.25) is 0 Å². The number of nitrogens with one attached hydrogen (secondary N) is 1. The number of ether oxygens (including phenoxy) is 2. The molecule has 0 aromatic carbocycles. The standard InChI is InChI=1S/C23H28ClN5O4/c1-23(2,3)33-22(31)29-14-6-5-7-18(29)20(32-11-14)13-8-16(28-19(24)9-13)15-10-17(21(30)25-4)27-12-26-15/h8-10,12,14,18,20H,5-7,11H2,1-4H3,(H,25,30). The fourth-order valence-corrected chi connectivity index (χ4v) is 4.59. The van der Waals surface area contributed by atoms with E-state index in [2.05, 4.69) is 20.3 Å². The Labute approximate surface area is 197 Å². The van der Waals surface area contributed by atoms with E-state index in [0.717, 1.165) is 24.8 Å². The molecule has 9 nitrogen and oxygen atoms in total. The summed E-state index contributed by atoms with van der Waals surface area (Å²) in [5, 5.41) is 2.82. The Morgan fingerprint density at radius 2 is 1.97 bits per heavy atom. The summed E-state index contributed by atoms with van der Waals surface area (Å²) < 4.78 is 11.9. The van der Waals surface area contributed by atoms with E-state index in [4.69, 9.17) is 21.1 Å². The van der Waals surface area contributed by atoms with E-state index in [1.807, 2.05) is 31.7 Å². The Bertz CT molecular complexity index is 1060. The number of halogens is 1. The quantitative estimate of drug-likeness (QED) is 0.676. The average molecular weight is 474 g/mol. The predicted molar refractivity (Wildman–Crippen MR) is 122 cm³/mol. The Morgan fingerprint density at radius 1 is 1.18 bits per heavy atom. The lowest BCUT2D eigenvalue weighted by Gasteiger charge is -2.49. The van der Waals surface area contributed by atoms with Crippen LogP contribution in [0.1, 0.15) is 62.2 Å². The molecule has 2 aliphatic heterocycles. The number of aromatic nitrogens is 3. The molecule has 33 heavy (non-hydrogen) atoms. The van der Waals surface area contributed by atoms with Gasteiger partial charge in [-0.05, 0) is 63.8 Å². The van der Waals surface area contributed by atoms with Gasteiger partial charge in [-0.15, -0.1) is 0 Å². The monoisotopic (exact) mass is 473 g/mol. The van der Waals surface area contributed by atoms with Gasteiger partial charge in [0.1, 0.15) is 28.9 Å². The van der Waals surface area contributed by atoms with Crippen LogP contribution in [-0.2, 0) is 9.47 Å². The number of hydrogen-bond acceptors (Lipinski definition) is 7. The summed E-state index contributed by atoms with van der Waals surface area (Å²) in [6.45, 7) is 6.01. The second-order valence-corrected chi connectivity index (χ2v) is 9.66. The van der Waals surface area contributed by atoms with Crippen LogP contribution in [0.4, 0.5) is 4.79 Å². The molecule has 2 saturated heterocycles. The van der Waals surface area contributed by atoms with Crippen molar-refractivity contribution < 1.29 is 19.1 Å². The van der Waals surface area contributed by atoms with Crippen molar-refractivity contribution in [3.05, 3.63) is 40.9 Å². The number of piperidine rings is 1. The van der Waals surface area contributed by atoms with Crippen LogP contribution in [-0.4, -0.2) is 63.2 Å². The van der Waals surface area contributed by atoms with Gasteiger partial charge >= 0.3 is 6.09 Å². The number of rotatable bonds is 3. The molecule has 0 radical (unpaired) electrons. The molecule has 0 spiro atoms. The molecule has 2 aromatic rings. The lowest BCUT2D eigenvalue weighted by Crippen LogP contribution is -2.59. The molecular formula is C23H28ClN5O4. The van der Waals surface area contributed by atoms with E-state index in [-0.39, 0.29) is 41.0 Å². The van der Waals surface area contributed by atoms with Crippen LogP contribution in [0.2, 0.25) is 5.15 Å². The van der Waals surface area contributed by atoms with E-state index in [9.17, 15) is 9.59 Å². The van der Waals surface area contributed by atoms with Gasteiger partial charge in [0.25, 0.3) is 5.91 Å². The molecule has 2 aromatic heterocycles. The number of hydrogen-bond donors (Lipinski definition) is 1. The second-order valence-electron chi connectivity index (χ2n) is 9.27. The van der Waals surface area contributed by atoms with Gasteiger partial charge in [-0.1, -0.05) is 11.6 Å². The Morgan fingerprint density at radius 3 is 2.70 bits per heavy atom. The third-order valence-corrected chi connectivity index (χ3v) is 5.94. The SMILES string of the molecule is CNC(=O)c1cc(-c2cc(C3OCC4CCCC3N4C(=O)OC(C)(C)C)cc(Cl)n2)ncn1. The number of carbonyl (C=O) groups excluding carboxylic acids is 2. The molecule has 2 amide bonds. The maximum atomic E-state index is 13.0. The van der Waals surface area contributed by atoms with Crippen LogP contribution < -0.4 is 5.32 Å². The fourth-order valence-electron chi connectivity index (χ4n) is 4.38. The zero-order valence-corrected chi connectivity index (χ0v) is 19.9. The molecule has 2 fully saturated rings. The summed E-state index contributed by atoms with van der Waals surface area (Å²) in [6.07, 6.45) is 3.29. The van der Waals surface area contributed by atoms with Gasteiger partial charge in [-0.25, -0.2) is 19.7 Å². The first-order valence-electron chi connectivity index (χ1n) is 11.0. The van der Waals surface area contributed by atoms with Crippen molar-refractivity contribution in [2.45, 2.75) is 63.8 Å². The average Bonchev–Trinajstić information content (AvgIpc) is 2.76. The molecule has 2 aliphatic rings. The molecule has 4 rings (SSSR count). The van der Waals surface area contributed by atoms with Crippen LogP contribution in [0.5, 0.6) is 0 Å². The van der Waals surface area contributed by atoms with Crippen molar-refractivity contribution >= 4 is 23.6 Å². The summed E-state index contributed by atoms with van der Waals surface area (Å²) in [7, 11) is 1.54. The van der Waals surface area contributed by atoms with Crippen molar-refractivity contribution in [3.8, 4) is 11.4 Å². The molecule has 10 heteroatoms. The van der Waals surface area contributed by atoms with Gasteiger partial charge in [0, 0.05) is 7.05 Å². The van der Waals surface area contributed by atoms with E-state index in [0.29, 0.717) is 18.0 Å². The van der Waals surface area contributed by atoms with E-state index in [1.165, 1.54) is 13.4 Å². The zero-order chi connectivity index (χ0) is 23.8. The largest absolute Gasteiger partial charge is 0.444 e. The molecule has 1 N–H and O–H groups in total. The van der Waals surface area contributed by atoms with Crippen LogP contribution >= 0.6 is 11.6 Å². The van der Waals surface area contributed by atoms with Crippen LogP contribution in [0, 0.1) is 0 Å². The molecule has 2 bridgehead atoms. The lowest BCUT2D eigenvalue weighted by molar-refractivity contribution is -0.123. The molecule has 3 unspecified atom stereocenters. The topological polar surface area (TPSA) is 107 Å². The van der Waals surface area contributed by atoms with Crippen molar-refractivity contribution in [2.75, 3.05) is 13.7 Å². The highest BCUT2D eigenvalue weighted by molar-refractivity contribution is 6.29. The van der Waals surface area contributed by atoms with Crippen molar-refractivity contribution in [1.29, 1.82) is 0 Å². The first kappa shape index (κ1) is 23.4. The molecule has 176 valence electrons. The van der Waals surface area contributed by atoms with Gasteiger partial charge in [0.15, 0.2) is 0 Å². The van der Waals surface area contributed by atoms with Crippen LogP contribution in [0.15, 0.2) is 24.5 Å². The minimum atomic E-state index is -0.582. The van der Waals surface area contributed by atoms with E-state index >= 15 is 0 Å². The normalized spacial score (nSPS) is 22.6. The van der Waals surface area contributed by atoms with Crippen molar-refractivity contribution in [1.82, 2.24) is 25.2 Å². The molecule has 4 heterocycles. The van der Waals surface area contributed by atoms with Gasteiger partial charge < -0.3 is 14.8 Å². The van der Waals surface area contributed by atoms with Gasteiger partial charge in [-0.3, -0.25) is 9.69 Å². The number of amides is 2. The van der Waals surface area contributed by atoms with Crippen molar-refractivity contribution in [2.24, 2.45) is 0 Å². The summed E-state index contributed by atoms with van der Waals surface area (Å²) in [6, 6.07) is 4.97. The van der Waals surface area contributed by atoms with Crippen LogP contribution in [0.3, 0.4) is 0 Å². The number of pyridine rings is 1. The maximum absolute atomic E-state index is 13.0. The second kappa shape index (κ2) is 9.23. The maximum Gasteiger partial charge on any atom is 0.410 e. The predicted octanol–water partition coefficient (Wildman–Crippen LogP) is 3.78.